The second-order valence-corrected chi connectivity index (χ2v) is 4.26. The molecule has 2 nitrogen and oxygen atoms in total. The zero-order chi connectivity index (χ0) is 11.8. The summed E-state index contributed by atoms with van der Waals surface area (Å²) >= 11 is 0. The second kappa shape index (κ2) is 7.07. The van der Waals surface area contributed by atoms with Gasteiger partial charge >= 0.3 is 0 Å². The van der Waals surface area contributed by atoms with Gasteiger partial charge in [-0.3, -0.25) is 0 Å². The molecule has 0 heterocycles. The van der Waals surface area contributed by atoms with E-state index in [1.807, 2.05) is 24.3 Å². The van der Waals surface area contributed by atoms with Crippen molar-refractivity contribution in [2.45, 2.75) is 12.8 Å². The molecule has 0 bridgehead atoms. The molecule has 1 rings (SSSR count). The Bertz CT molecular complexity index is 320. The molecular formula is C14H22NO+. The number of benzene rings is 1. The van der Waals surface area contributed by atoms with Gasteiger partial charge in [-0.25, -0.2) is 0 Å². The Morgan fingerprint density at radius 2 is 2.06 bits per heavy atom. The minimum Gasteiger partial charge on any atom is -0.493 e. The Balaban J connectivity index is 2.43. The molecule has 0 spiro atoms. The largest absolute Gasteiger partial charge is 0.493 e. The summed E-state index contributed by atoms with van der Waals surface area (Å²) in [6, 6.07) is 8.17. The van der Waals surface area contributed by atoms with Gasteiger partial charge in [0.1, 0.15) is 5.75 Å². The first-order valence-corrected chi connectivity index (χ1v) is 5.84. The highest BCUT2D eigenvalue weighted by Gasteiger charge is 2.01. The van der Waals surface area contributed by atoms with Crippen LogP contribution in [0.25, 0.3) is 0 Å². The summed E-state index contributed by atoms with van der Waals surface area (Å²) in [5, 5.41) is 0. The first kappa shape index (κ1) is 12.8. The van der Waals surface area contributed by atoms with Crippen LogP contribution < -0.4 is 9.64 Å². The third-order valence-electron chi connectivity index (χ3n) is 2.42. The van der Waals surface area contributed by atoms with Crippen LogP contribution in [0.4, 0.5) is 0 Å². The van der Waals surface area contributed by atoms with Crippen LogP contribution in [0.5, 0.6) is 5.75 Å². The molecule has 0 fully saturated rings. The van der Waals surface area contributed by atoms with Gasteiger partial charge in [-0.1, -0.05) is 24.3 Å². The lowest BCUT2D eigenvalue weighted by molar-refractivity contribution is -0.858. The van der Waals surface area contributed by atoms with Gasteiger partial charge in [0.2, 0.25) is 0 Å². The molecule has 0 aliphatic heterocycles. The third kappa shape index (κ3) is 4.49. The quantitative estimate of drug-likeness (QED) is 0.540. The van der Waals surface area contributed by atoms with Crippen molar-refractivity contribution in [3.05, 3.63) is 42.5 Å². The lowest BCUT2D eigenvalue weighted by Gasteiger charge is -2.11. The van der Waals surface area contributed by atoms with Crippen LogP contribution in [0.3, 0.4) is 0 Å². The van der Waals surface area contributed by atoms with Crippen LogP contribution in [0, 0.1) is 0 Å². The lowest BCUT2D eigenvalue weighted by atomic mass is 10.1. The zero-order valence-corrected chi connectivity index (χ0v) is 10.3. The highest BCUT2D eigenvalue weighted by atomic mass is 16.5. The maximum atomic E-state index is 5.78. The number of rotatable bonds is 7. The molecule has 0 unspecified atom stereocenters. The smallest absolute Gasteiger partial charge is 0.122 e. The van der Waals surface area contributed by atoms with Crippen molar-refractivity contribution in [1.82, 2.24) is 0 Å². The van der Waals surface area contributed by atoms with Gasteiger partial charge in [-0.05, 0) is 18.1 Å². The van der Waals surface area contributed by atoms with Gasteiger partial charge in [0, 0.05) is 6.42 Å². The average Bonchev–Trinajstić information content (AvgIpc) is 2.26. The van der Waals surface area contributed by atoms with Gasteiger partial charge < -0.3 is 9.64 Å². The van der Waals surface area contributed by atoms with E-state index in [1.165, 1.54) is 10.5 Å². The van der Waals surface area contributed by atoms with E-state index in [0.29, 0.717) is 0 Å². The first-order valence-electron chi connectivity index (χ1n) is 5.84. The van der Waals surface area contributed by atoms with E-state index < -0.39 is 0 Å². The summed E-state index contributed by atoms with van der Waals surface area (Å²) in [6.07, 6.45) is 3.87. The Kier molecular flexibility index (Phi) is 5.65. The van der Waals surface area contributed by atoms with E-state index in [0.717, 1.165) is 31.7 Å². The van der Waals surface area contributed by atoms with E-state index in [9.17, 15) is 0 Å². The van der Waals surface area contributed by atoms with Crippen LogP contribution in [0.15, 0.2) is 36.9 Å². The van der Waals surface area contributed by atoms with E-state index in [2.05, 4.69) is 26.7 Å². The molecule has 0 aliphatic rings. The van der Waals surface area contributed by atoms with Crippen molar-refractivity contribution in [2.24, 2.45) is 0 Å². The summed E-state index contributed by atoms with van der Waals surface area (Å²) in [4.78, 5) is 1.46. The Morgan fingerprint density at radius 1 is 1.31 bits per heavy atom. The molecule has 1 aromatic carbocycles. The number of ether oxygens (including phenoxy) is 1. The number of nitrogens with one attached hydrogen (secondary N) is 1. The second-order valence-electron chi connectivity index (χ2n) is 4.26. The topological polar surface area (TPSA) is 13.7 Å². The maximum absolute atomic E-state index is 5.78. The summed E-state index contributed by atoms with van der Waals surface area (Å²) in [7, 11) is 4.32. The van der Waals surface area contributed by atoms with Crippen molar-refractivity contribution < 1.29 is 9.64 Å². The van der Waals surface area contributed by atoms with Gasteiger partial charge in [0.05, 0.1) is 27.2 Å². The van der Waals surface area contributed by atoms with Crippen molar-refractivity contribution in [3.8, 4) is 5.75 Å². The number of hydrogen-bond donors (Lipinski definition) is 1. The number of quaternary nitrogens is 1. The van der Waals surface area contributed by atoms with Crippen molar-refractivity contribution in [3.63, 3.8) is 0 Å². The van der Waals surface area contributed by atoms with Gasteiger partial charge in [0.15, 0.2) is 0 Å². The Labute approximate surface area is 98.5 Å². The fourth-order valence-electron chi connectivity index (χ4n) is 1.58. The highest BCUT2D eigenvalue weighted by molar-refractivity contribution is 5.34. The highest BCUT2D eigenvalue weighted by Crippen LogP contribution is 2.18. The minimum atomic E-state index is 0.791. The van der Waals surface area contributed by atoms with Crippen LogP contribution in [0.1, 0.15) is 12.0 Å². The summed E-state index contributed by atoms with van der Waals surface area (Å²) < 4.78 is 5.78. The predicted molar refractivity (Wildman–Crippen MR) is 68.1 cm³/mol. The van der Waals surface area contributed by atoms with Crippen molar-refractivity contribution >= 4 is 0 Å². The standard InChI is InChI=1S/C14H21NO/c1-4-8-13-9-5-6-10-14(13)16-12-7-11-15(2)3/h4-6,9-10H,1,7-8,11-12H2,2-3H3/p+1. The zero-order valence-electron chi connectivity index (χ0n) is 10.3. The third-order valence-corrected chi connectivity index (χ3v) is 2.42. The Hall–Kier alpha value is -1.28. The molecule has 2 heteroatoms. The van der Waals surface area contributed by atoms with Crippen LogP contribution in [0.2, 0.25) is 0 Å². The summed E-state index contributed by atoms with van der Waals surface area (Å²) in [5.74, 6) is 0.996. The Morgan fingerprint density at radius 3 is 2.75 bits per heavy atom. The molecule has 1 aromatic rings. The fraction of sp³-hybridized carbons (Fsp3) is 0.429. The molecule has 0 saturated carbocycles. The van der Waals surface area contributed by atoms with Gasteiger partial charge in [-0.2, -0.15) is 0 Å². The van der Waals surface area contributed by atoms with Crippen LogP contribution >= 0.6 is 0 Å². The van der Waals surface area contributed by atoms with Crippen LogP contribution in [-0.4, -0.2) is 27.2 Å². The molecule has 0 atom stereocenters. The molecule has 0 aliphatic carbocycles. The van der Waals surface area contributed by atoms with Crippen LogP contribution in [-0.2, 0) is 6.42 Å². The fourth-order valence-corrected chi connectivity index (χ4v) is 1.58. The first-order chi connectivity index (χ1) is 7.74. The molecule has 0 amide bonds. The van der Waals surface area contributed by atoms with E-state index in [-0.39, 0.29) is 0 Å². The number of allylic oxidation sites excluding steroid dienone is 1. The molecular weight excluding hydrogens is 198 g/mol. The predicted octanol–water partition coefficient (Wildman–Crippen LogP) is 1.33. The van der Waals surface area contributed by atoms with E-state index in [4.69, 9.17) is 4.74 Å². The molecule has 0 radical (unpaired) electrons. The SMILES string of the molecule is C=CCc1ccccc1OCCC[NH+](C)C. The summed E-state index contributed by atoms with van der Waals surface area (Å²) in [6.45, 7) is 5.69. The van der Waals surface area contributed by atoms with Gasteiger partial charge in [0.25, 0.3) is 0 Å². The lowest BCUT2D eigenvalue weighted by Crippen LogP contribution is -3.05. The number of para-hydroxylation sites is 1. The van der Waals surface area contributed by atoms with E-state index in [1.54, 1.807) is 0 Å². The average molecular weight is 220 g/mol. The molecule has 0 aromatic heterocycles. The summed E-state index contributed by atoms with van der Waals surface area (Å²) in [5.41, 5.74) is 1.22. The van der Waals surface area contributed by atoms with Crippen molar-refractivity contribution in [1.29, 1.82) is 0 Å². The van der Waals surface area contributed by atoms with E-state index >= 15 is 0 Å². The van der Waals surface area contributed by atoms with Crippen molar-refractivity contribution in [2.75, 3.05) is 27.2 Å². The minimum absolute atomic E-state index is 0.791. The van der Waals surface area contributed by atoms with Gasteiger partial charge in [-0.15, -0.1) is 6.58 Å². The maximum Gasteiger partial charge on any atom is 0.122 e. The monoisotopic (exact) mass is 220 g/mol. The molecule has 16 heavy (non-hydrogen) atoms. The normalized spacial score (nSPS) is 10.4. The molecule has 1 N–H and O–H groups in total. The molecule has 0 saturated heterocycles. The molecule has 88 valence electrons. The number of hydrogen-bond acceptors (Lipinski definition) is 1.